The van der Waals surface area contributed by atoms with Crippen LogP contribution in [0, 0.1) is 0 Å². The molecule has 2 rings (SSSR count). The lowest BCUT2D eigenvalue weighted by Gasteiger charge is -2.25. The van der Waals surface area contributed by atoms with Crippen molar-refractivity contribution in [2.75, 3.05) is 24.3 Å². The van der Waals surface area contributed by atoms with Gasteiger partial charge in [0.05, 0.1) is 11.4 Å². The Morgan fingerprint density at radius 1 is 1.05 bits per heavy atom. The molecule has 1 aromatic rings. The summed E-state index contributed by atoms with van der Waals surface area (Å²) >= 11 is 0. The van der Waals surface area contributed by atoms with Gasteiger partial charge in [-0.05, 0) is 12.1 Å². The number of para-hydroxylation sites is 2. The first-order valence-electron chi connectivity index (χ1n) is 5.67. The van der Waals surface area contributed by atoms with E-state index in [0.717, 1.165) is 5.69 Å². The van der Waals surface area contributed by atoms with Crippen LogP contribution in [0.15, 0.2) is 24.3 Å². The third-order valence-electron chi connectivity index (χ3n) is 2.68. The Balaban J connectivity index is 2.24. The van der Waals surface area contributed by atoms with Crippen molar-refractivity contribution in [1.82, 2.24) is 10.6 Å². The molecule has 1 heterocycles. The van der Waals surface area contributed by atoms with Crippen LogP contribution in [0.25, 0.3) is 0 Å². The molecule has 0 unspecified atom stereocenters. The highest BCUT2D eigenvalue weighted by Crippen LogP contribution is 2.24. The zero-order valence-electron chi connectivity index (χ0n) is 10.6. The number of amides is 4. The van der Waals surface area contributed by atoms with E-state index >= 15 is 0 Å². The van der Waals surface area contributed by atoms with Gasteiger partial charge in [-0.3, -0.25) is 20.2 Å². The van der Waals surface area contributed by atoms with Gasteiger partial charge in [-0.15, -0.1) is 0 Å². The molecule has 3 N–H and O–H groups in total. The number of anilines is 2. The van der Waals surface area contributed by atoms with Crippen molar-refractivity contribution < 1.29 is 14.4 Å². The lowest BCUT2D eigenvalue weighted by atomic mass is 10.2. The van der Waals surface area contributed by atoms with Crippen molar-refractivity contribution in [3.05, 3.63) is 24.3 Å². The SMILES string of the molecule is CN(C)c1ccccc1NC1C(=O)NC(=O)NC1=O. The number of hydrogen-bond acceptors (Lipinski definition) is 5. The van der Waals surface area contributed by atoms with E-state index in [1.807, 2.05) is 41.8 Å². The van der Waals surface area contributed by atoms with E-state index in [2.05, 4.69) is 5.32 Å². The minimum absolute atomic E-state index is 0.636. The first kappa shape index (κ1) is 12.9. The van der Waals surface area contributed by atoms with Gasteiger partial charge >= 0.3 is 6.03 Å². The van der Waals surface area contributed by atoms with Crippen LogP contribution in [0.2, 0.25) is 0 Å². The summed E-state index contributed by atoms with van der Waals surface area (Å²) in [6.07, 6.45) is 0. The molecule has 7 nitrogen and oxygen atoms in total. The molecule has 0 saturated carbocycles. The molecule has 1 fully saturated rings. The Labute approximate surface area is 110 Å². The van der Waals surface area contributed by atoms with Crippen molar-refractivity contribution in [3.8, 4) is 0 Å². The van der Waals surface area contributed by atoms with Crippen LogP contribution in [0.1, 0.15) is 0 Å². The normalized spacial score (nSPS) is 15.8. The van der Waals surface area contributed by atoms with E-state index in [-0.39, 0.29) is 0 Å². The van der Waals surface area contributed by atoms with E-state index in [9.17, 15) is 14.4 Å². The number of carbonyl (C=O) groups excluding carboxylic acids is 3. The zero-order valence-corrected chi connectivity index (χ0v) is 10.6. The number of barbiturate groups is 1. The Morgan fingerprint density at radius 2 is 1.63 bits per heavy atom. The summed E-state index contributed by atoms with van der Waals surface area (Å²) in [4.78, 5) is 36.1. The topological polar surface area (TPSA) is 90.5 Å². The van der Waals surface area contributed by atoms with Crippen molar-refractivity contribution >= 4 is 29.2 Å². The Morgan fingerprint density at radius 3 is 2.21 bits per heavy atom. The predicted octanol–water partition coefficient (Wildman–Crippen LogP) is -0.101. The van der Waals surface area contributed by atoms with E-state index in [0.29, 0.717) is 5.69 Å². The van der Waals surface area contributed by atoms with Crippen LogP contribution in [-0.2, 0) is 9.59 Å². The molecule has 0 aromatic heterocycles. The van der Waals surface area contributed by atoms with E-state index in [1.54, 1.807) is 12.1 Å². The molecule has 1 aliphatic rings. The highest BCUT2D eigenvalue weighted by atomic mass is 16.2. The maximum absolute atomic E-state index is 11.6. The summed E-state index contributed by atoms with van der Waals surface area (Å²) in [5.41, 5.74) is 1.47. The van der Waals surface area contributed by atoms with E-state index in [4.69, 9.17) is 0 Å². The summed E-state index contributed by atoms with van der Waals surface area (Å²) in [6.45, 7) is 0. The van der Waals surface area contributed by atoms with Gasteiger partial charge in [0, 0.05) is 14.1 Å². The van der Waals surface area contributed by atoms with Crippen molar-refractivity contribution in [3.63, 3.8) is 0 Å². The fourth-order valence-corrected chi connectivity index (χ4v) is 1.79. The molecule has 0 bridgehead atoms. The van der Waals surface area contributed by atoms with Gasteiger partial charge in [-0.25, -0.2) is 4.79 Å². The van der Waals surface area contributed by atoms with Gasteiger partial charge in [0.25, 0.3) is 11.8 Å². The summed E-state index contributed by atoms with van der Waals surface area (Å²) in [5.74, 6) is -1.33. The van der Waals surface area contributed by atoms with Crippen molar-refractivity contribution in [2.24, 2.45) is 0 Å². The minimum atomic E-state index is -1.13. The molecule has 0 aliphatic carbocycles. The number of nitrogens with one attached hydrogen (secondary N) is 3. The average Bonchev–Trinajstić information content (AvgIpc) is 2.34. The number of urea groups is 1. The second-order valence-electron chi connectivity index (χ2n) is 4.30. The highest BCUT2D eigenvalue weighted by molar-refractivity contribution is 6.20. The first-order valence-corrected chi connectivity index (χ1v) is 5.67. The Bertz CT molecular complexity index is 522. The summed E-state index contributed by atoms with van der Waals surface area (Å²) in [7, 11) is 3.70. The fourth-order valence-electron chi connectivity index (χ4n) is 1.79. The molecule has 0 atom stereocenters. The zero-order chi connectivity index (χ0) is 14.0. The molecular formula is C12H14N4O3. The maximum atomic E-state index is 11.6. The number of carbonyl (C=O) groups is 3. The van der Waals surface area contributed by atoms with E-state index < -0.39 is 23.9 Å². The summed E-state index contributed by atoms with van der Waals surface area (Å²) in [5, 5.41) is 6.92. The number of imide groups is 2. The van der Waals surface area contributed by atoms with Gasteiger partial charge in [0.15, 0.2) is 6.04 Å². The highest BCUT2D eigenvalue weighted by Gasteiger charge is 2.34. The largest absolute Gasteiger partial charge is 0.376 e. The van der Waals surface area contributed by atoms with Crippen LogP contribution in [0.4, 0.5) is 16.2 Å². The lowest BCUT2D eigenvalue weighted by Crippen LogP contribution is -2.61. The molecule has 19 heavy (non-hydrogen) atoms. The minimum Gasteiger partial charge on any atom is -0.376 e. The van der Waals surface area contributed by atoms with E-state index in [1.165, 1.54) is 0 Å². The van der Waals surface area contributed by atoms with Crippen LogP contribution >= 0.6 is 0 Å². The average molecular weight is 262 g/mol. The molecule has 0 spiro atoms. The van der Waals surface area contributed by atoms with Crippen LogP contribution < -0.4 is 20.9 Å². The number of hydrogen-bond donors (Lipinski definition) is 3. The van der Waals surface area contributed by atoms with Crippen LogP contribution in [0.5, 0.6) is 0 Å². The van der Waals surface area contributed by atoms with Crippen LogP contribution in [0.3, 0.4) is 0 Å². The van der Waals surface area contributed by atoms with Crippen molar-refractivity contribution in [2.45, 2.75) is 6.04 Å². The summed E-state index contributed by atoms with van der Waals surface area (Å²) < 4.78 is 0. The second-order valence-corrected chi connectivity index (χ2v) is 4.30. The monoisotopic (exact) mass is 262 g/mol. The lowest BCUT2D eigenvalue weighted by molar-refractivity contribution is -0.130. The third kappa shape index (κ3) is 2.65. The Kier molecular flexibility index (Phi) is 3.37. The predicted molar refractivity (Wildman–Crippen MR) is 69.9 cm³/mol. The molecule has 100 valence electrons. The summed E-state index contributed by atoms with van der Waals surface area (Å²) in [6, 6.07) is 5.33. The molecule has 0 radical (unpaired) electrons. The van der Waals surface area contributed by atoms with Gasteiger partial charge in [-0.1, -0.05) is 12.1 Å². The smallest absolute Gasteiger partial charge is 0.328 e. The standard InChI is InChI=1S/C12H14N4O3/c1-16(2)8-6-4-3-5-7(8)13-9-10(17)14-12(19)15-11(9)18/h3-6,9,13H,1-2H3,(H2,14,15,17,18,19). The second kappa shape index (κ2) is 4.97. The Hall–Kier alpha value is -2.57. The first-order chi connectivity index (χ1) is 8.99. The molecule has 4 amide bonds. The molecule has 1 aliphatic heterocycles. The van der Waals surface area contributed by atoms with Gasteiger partial charge in [0.2, 0.25) is 0 Å². The van der Waals surface area contributed by atoms with Gasteiger partial charge < -0.3 is 10.2 Å². The molecule has 7 heteroatoms. The fraction of sp³-hybridized carbons (Fsp3) is 0.250. The van der Waals surface area contributed by atoms with Gasteiger partial charge in [-0.2, -0.15) is 0 Å². The third-order valence-corrected chi connectivity index (χ3v) is 2.68. The number of nitrogens with zero attached hydrogens (tertiary/aromatic N) is 1. The number of rotatable bonds is 3. The number of benzene rings is 1. The van der Waals surface area contributed by atoms with Crippen molar-refractivity contribution in [1.29, 1.82) is 0 Å². The maximum Gasteiger partial charge on any atom is 0.328 e. The quantitative estimate of drug-likeness (QED) is 0.662. The molecule has 1 saturated heterocycles. The van der Waals surface area contributed by atoms with Crippen LogP contribution in [-0.4, -0.2) is 38.0 Å². The van der Waals surface area contributed by atoms with Gasteiger partial charge in [0.1, 0.15) is 0 Å². The molecule has 1 aromatic carbocycles. The molecular weight excluding hydrogens is 248 g/mol.